The molecule has 1 saturated heterocycles. The molecule has 1 aromatic carbocycles. The molecule has 1 N–H and O–H groups in total. The fraction of sp³-hybridized carbons (Fsp3) is 0.588. The molecular formula is C17H24Cl2N2O3S2. The van der Waals surface area contributed by atoms with Crippen LogP contribution in [0.1, 0.15) is 26.2 Å². The van der Waals surface area contributed by atoms with Crippen LogP contribution in [0.2, 0.25) is 10.0 Å². The molecule has 26 heavy (non-hydrogen) atoms. The molecule has 1 aliphatic heterocycles. The highest BCUT2D eigenvalue weighted by Crippen LogP contribution is 2.26. The summed E-state index contributed by atoms with van der Waals surface area (Å²) in [6.07, 6.45) is 4.22. The minimum Gasteiger partial charge on any atom is -0.341 e. The van der Waals surface area contributed by atoms with Crippen LogP contribution in [0.15, 0.2) is 23.1 Å². The number of nitrogens with one attached hydrogen (secondary N) is 1. The average Bonchev–Trinajstić information content (AvgIpc) is 2.60. The standard InChI is InChI=1S/C17H24Cl2N2O3S2/c1-12-5-8-21(9-6-12)17(22)15(7-10-25-2)20-26(23,24)16-11-13(18)3-4-14(16)19/h3-4,11-12,15,20H,5-10H2,1-2H3. The summed E-state index contributed by atoms with van der Waals surface area (Å²) in [5.74, 6) is 1.09. The van der Waals surface area contributed by atoms with Gasteiger partial charge in [-0.3, -0.25) is 4.79 Å². The minimum atomic E-state index is -3.96. The number of carbonyl (C=O) groups is 1. The monoisotopic (exact) mass is 438 g/mol. The van der Waals surface area contributed by atoms with Gasteiger partial charge < -0.3 is 4.90 Å². The molecule has 1 aromatic rings. The molecule has 0 spiro atoms. The van der Waals surface area contributed by atoms with Gasteiger partial charge in [-0.05, 0) is 55.4 Å². The summed E-state index contributed by atoms with van der Waals surface area (Å²) in [5, 5.41) is 0.344. The van der Waals surface area contributed by atoms with Gasteiger partial charge in [-0.1, -0.05) is 30.1 Å². The van der Waals surface area contributed by atoms with Gasteiger partial charge in [0.05, 0.1) is 5.02 Å². The lowest BCUT2D eigenvalue weighted by molar-refractivity contribution is -0.134. The molecule has 146 valence electrons. The highest BCUT2D eigenvalue weighted by atomic mass is 35.5. The molecule has 1 unspecified atom stereocenters. The second-order valence-electron chi connectivity index (χ2n) is 6.54. The maximum Gasteiger partial charge on any atom is 0.242 e. The van der Waals surface area contributed by atoms with Crippen LogP contribution in [0.3, 0.4) is 0 Å². The molecule has 1 amide bonds. The van der Waals surface area contributed by atoms with Crippen LogP contribution in [0.4, 0.5) is 0 Å². The molecule has 5 nitrogen and oxygen atoms in total. The first-order valence-corrected chi connectivity index (χ1v) is 12.1. The lowest BCUT2D eigenvalue weighted by atomic mass is 9.98. The molecule has 1 atom stereocenters. The van der Waals surface area contributed by atoms with Crippen LogP contribution in [-0.2, 0) is 14.8 Å². The van der Waals surface area contributed by atoms with Gasteiger partial charge in [0.25, 0.3) is 0 Å². The Labute approximate surface area is 169 Å². The Bertz CT molecular complexity index is 736. The van der Waals surface area contributed by atoms with Crippen LogP contribution in [0.5, 0.6) is 0 Å². The van der Waals surface area contributed by atoms with Crippen molar-refractivity contribution in [1.82, 2.24) is 9.62 Å². The lowest BCUT2D eigenvalue weighted by Gasteiger charge is -2.33. The third-order valence-electron chi connectivity index (χ3n) is 4.48. The number of carbonyl (C=O) groups excluding carboxylic acids is 1. The fourth-order valence-electron chi connectivity index (χ4n) is 2.85. The Morgan fingerprint density at radius 2 is 2.00 bits per heavy atom. The lowest BCUT2D eigenvalue weighted by Crippen LogP contribution is -2.50. The van der Waals surface area contributed by atoms with Crippen LogP contribution >= 0.6 is 35.0 Å². The van der Waals surface area contributed by atoms with E-state index in [-0.39, 0.29) is 20.8 Å². The number of likely N-dealkylation sites (tertiary alicyclic amines) is 1. The second-order valence-corrected chi connectivity index (χ2v) is 10.0. The van der Waals surface area contributed by atoms with Crippen molar-refractivity contribution in [3.8, 4) is 0 Å². The Balaban J connectivity index is 2.20. The highest BCUT2D eigenvalue weighted by Gasteiger charge is 2.31. The normalized spacial score (nSPS) is 17.3. The van der Waals surface area contributed by atoms with E-state index in [4.69, 9.17) is 23.2 Å². The summed E-state index contributed by atoms with van der Waals surface area (Å²) in [5.41, 5.74) is 0. The summed E-state index contributed by atoms with van der Waals surface area (Å²) in [6.45, 7) is 3.49. The predicted octanol–water partition coefficient (Wildman–Crippen LogP) is 3.65. The first kappa shape index (κ1) is 21.8. The van der Waals surface area contributed by atoms with E-state index >= 15 is 0 Å². The molecule has 2 rings (SSSR count). The molecule has 1 fully saturated rings. The van der Waals surface area contributed by atoms with Crippen molar-refractivity contribution in [3.05, 3.63) is 28.2 Å². The number of rotatable bonds is 7. The van der Waals surface area contributed by atoms with Crippen LogP contribution in [0, 0.1) is 5.92 Å². The first-order chi connectivity index (χ1) is 12.2. The highest BCUT2D eigenvalue weighted by molar-refractivity contribution is 7.98. The van der Waals surface area contributed by atoms with Gasteiger partial charge >= 0.3 is 0 Å². The summed E-state index contributed by atoms with van der Waals surface area (Å²) in [4.78, 5) is 14.5. The van der Waals surface area contributed by atoms with Gasteiger partial charge in [0.1, 0.15) is 10.9 Å². The molecule has 9 heteroatoms. The van der Waals surface area contributed by atoms with Crippen molar-refractivity contribution in [3.63, 3.8) is 0 Å². The Morgan fingerprint density at radius 1 is 1.35 bits per heavy atom. The number of nitrogens with zero attached hydrogens (tertiary/aromatic N) is 1. The van der Waals surface area contributed by atoms with Crippen molar-refractivity contribution >= 4 is 50.9 Å². The van der Waals surface area contributed by atoms with Crippen LogP contribution in [0.25, 0.3) is 0 Å². The van der Waals surface area contributed by atoms with Gasteiger partial charge in [0, 0.05) is 18.1 Å². The van der Waals surface area contributed by atoms with Crippen LogP contribution < -0.4 is 4.72 Å². The number of sulfonamides is 1. The summed E-state index contributed by atoms with van der Waals surface area (Å²) >= 11 is 13.5. The number of hydrogen-bond acceptors (Lipinski definition) is 4. The van der Waals surface area contributed by atoms with Crippen molar-refractivity contribution in [2.75, 3.05) is 25.1 Å². The van der Waals surface area contributed by atoms with Gasteiger partial charge in [-0.25, -0.2) is 8.42 Å². The van der Waals surface area contributed by atoms with Gasteiger partial charge in [-0.2, -0.15) is 16.5 Å². The summed E-state index contributed by atoms with van der Waals surface area (Å²) < 4.78 is 28.1. The van der Waals surface area contributed by atoms with Crippen molar-refractivity contribution < 1.29 is 13.2 Å². The third-order valence-corrected chi connectivity index (χ3v) is 7.32. The fourth-order valence-corrected chi connectivity index (χ4v) is 5.31. The number of thioether (sulfide) groups is 1. The summed E-state index contributed by atoms with van der Waals surface area (Å²) in [6, 6.07) is 3.44. The van der Waals surface area contributed by atoms with Gasteiger partial charge in [0.15, 0.2) is 0 Å². The first-order valence-electron chi connectivity index (χ1n) is 8.49. The van der Waals surface area contributed by atoms with E-state index in [0.717, 1.165) is 12.8 Å². The smallest absolute Gasteiger partial charge is 0.242 e. The minimum absolute atomic E-state index is 0.0739. The summed E-state index contributed by atoms with van der Waals surface area (Å²) in [7, 11) is -3.96. The molecule has 1 aliphatic rings. The predicted molar refractivity (Wildman–Crippen MR) is 109 cm³/mol. The van der Waals surface area contributed by atoms with E-state index in [1.54, 1.807) is 16.7 Å². The molecule has 0 bridgehead atoms. The maximum absolute atomic E-state index is 12.9. The number of benzene rings is 1. The van der Waals surface area contributed by atoms with E-state index < -0.39 is 16.1 Å². The SMILES string of the molecule is CSCCC(NS(=O)(=O)c1cc(Cl)ccc1Cl)C(=O)N1CCC(C)CC1. The Hall–Kier alpha value is -0.470. The Morgan fingerprint density at radius 3 is 2.62 bits per heavy atom. The van der Waals surface area contributed by atoms with E-state index in [9.17, 15) is 13.2 Å². The zero-order valence-electron chi connectivity index (χ0n) is 14.9. The molecule has 0 aromatic heterocycles. The largest absolute Gasteiger partial charge is 0.341 e. The quantitative estimate of drug-likeness (QED) is 0.705. The number of amides is 1. The van der Waals surface area contributed by atoms with Gasteiger partial charge in [0.2, 0.25) is 15.9 Å². The number of hydrogen-bond donors (Lipinski definition) is 1. The molecule has 0 saturated carbocycles. The van der Waals surface area contributed by atoms with Crippen molar-refractivity contribution in [2.45, 2.75) is 37.1 Å². The van der Waals surface area contributed by atoms with Crippen LogP contribution in [-0.4, -0.2) is 50.4 Å². The second kappa shape index (κ2) is 9.64. The van der Waals surface area contributed by atoms with E-state index in [2.05, 4.69) is 11.6 Å². The van der Waals surface area contributed by atoms with E-state index in [1.165, 1.54) is 18.2 Å². The number of piperidine rings is 1. The third kappa shape index (κ3) is 5.76. The van der Waals surface area contributed by atoms with Crippen molar-refractivity contribution in [1.29, 1.82) is 0 Å². The van der Waals surface area contributed by atoms with E-state index in [1.807, 2.05) is 6.26 Å². The average molecular weight is 439 g/mol. The molecule has 0 radical (unpaired) electrons. The van der Waals surface area contributed by atoms with Crippen molar-refractivity contribution in [2.24, 2.45) is 5.92 Å². The maximum atomic E-state index is 12.9. The topological polar surface area (TPSA) is 66.5 Å². The van der Waals surface area contributed by atoms with Gasteiger partial charge in [-0.15, -0.1) is 0 Å². The Kier molecular flexibility index (Phi) is 8.09. The van der Waals surface area contributed by atoms with E-state index in [0.29, 0.717) is 31.2 Å². The number of halogens is 2. The molecule has 1 heterocycles. The molecular weight excluding hydrogens is 415 g/mol. The zero-order chi connectivity index (χ0) is 19.3. The molecule has 0 aliphatic carbocycles. The zero-order valence-corrected chi connectivity index (χ0v) is 18.0.